The van der Waals surface area contributed by atoms with Crippen molar-refractivity contribution in [3.8, 4) is 5.88 Å². The molecule has 0 aliphatic carbocycles. The number of nitrogens with one attached hydrogen (secondary N) is 2. The highest BCUT2D eigenvalue weighted by Gasteiger charge is 2.30. The van der Waals surface area contributed by atoms with Gasteiger partial charge < -0.3 is 15.0 Å². The quantitative estimate of drug-likeness (QED) is 0.771. The number of alkyl halides is 3. The van der Waals surface area contributed by atoms with Crippen molar-refractivity contribution in [3.05, 3.63) is 29.2 Å². The second-order valence-electron chi connectivity index (χ2n) is 6.80. The minimum absolute atomic E-state index is 0.0199. The molecule has 2 aromatic rings. The molecule has 2 aromatic heterocycles. The van der Waals surface area contributed by atoms with Crippen LogP contribution in [-0.4, -0.2) is 69.6 Å². The van der Waals surface area contributed by atoms with Crippen LogP contribution in [0, 0.1) is 0 Å². The lowest BCUT2D eigenvalue weighted by Crippen LogP contribution is -2.38. The van der Waals surface area contributed by atoms with Gasteiger partial charge in [0.1, 0.15) is 17.8 Å². The molecule has 0 unspecified atom stereocenters. The van der Waals surface area contributed by atoms with Crippen LogP contribution in [-0.2, 0) is 7.05 Å². The maximum Gasteiger partial charge on any atom is 0.405 e. The number of halogens is 3. The molecule has 1 aliphatic heterocycles. The van der Waals surface area contributed by atoms with E-state index in [1.54, 1.807) is 23.5 Å². The minimum atomic E-state index is -4.48. The van der Waals surface area contributed by atoms with Gasteiger partial charge in [-0.3, -0.25) is 19.4 Å². The van der Waals surface area contributed by atoms with Crippen molar-refractivity contribution < 1.29 is 27.5 Å². The highest BCUT2D eigenvalue weighted by molar-refractivity contribution is 5.96. The smallest absolute Gasteiger partial charge is 0.405 e. The fourth-order valence-corrected chi connectivity index (χ4v) is 3.26. The number of hydrogen-bond acceptors (Lipinski definition) is 5. The molecule has 3 rings (SSSR count). The minimum Gasteiger partial charge on any atom is -0.479 e. The van der Waals surface area contributed by atoms with Crippen molar-refractivity contribution in [2.24, 2.45) is 7.05 Å². The lowest BCUT2D eigenvalue weighted by Gasteiger charge is -2.31. The lowest BCUT2D eigenvalue weighted by molar-refractivity contribution is -0.123. The fourth-order valence-electron chi connectivity index (χ4n) is 3.26. The summed E-state index contributed by atoms with van der Waals surface area (Å²) in [4.78, 5) is 26.2. The Kier molecular flexibility index (Phi) is 5.80. The van der Waals surface area contributed by atoms with Crippen LogP contribution >= 0.6 is 0 Å². The molecule has 158 valence electrons. The van der Waals surface area contributed by atoms with Crippen LogP contribution in [0.25, 0.3) is 0 Å². The van der Waals surface area contributed by atoms with Gasteiger partial charge in [0, 0.05) is 37.9 Å². The first-order valence-electron chi connectivity index (χ1n) is 8.95. The molecule has 0 saturated carbocycles. The number of H-pyrrole nitrogens is 1. The summed E-state index contributed by atoms with van der Waals surface area (Å²) in [6.45, 7) is -0.446. The number of aromatic amines is 1. The number of rotatable bonds is 5. The Morgan fingerprint density at radius 1 is 1.34 bits per heavy atom. The normalized spacial score (nSPS) is 15.4. The Hall–Kier alpha value is -3.05. The fraction of sp³-hybridized carbons (Fsp3) is 0.529. The predicted octanol–water partition coefficient (Wildman–Crippen LogP) is 1.46. The Morgan fingerprint density at radius 2 is 2.03 bits per heavy atom. The number of piperidine rings is 1. The van der Waals surface area contributed by atoms with Crippen LogP contribution in [0.15, 0.2) is 12.3 Å². The number of methoxy groups -OCH3 is 1. The van der Waals surface area contributed by atoms with Gasteiger partial charge in [0.05, 0.1) is 7.11 Å². The van der Waals surface area contributed by atoms with E-state index in [-0.39, 0.29) is 23.4 Å². The third-order valence-electron chi connectivity index (χ3n) is 4.72. The van der Waals surface area contributed by atoms with Gasteiger partial charge in [-0.15, -0.1) is 5.10 Å². The molecule has 2 N–H and O–H groups in total. The standard InChI is InChI=1S/C17H21F3N6O3/c1-25-8-11(15(24-25)29-2)16(28)26-5-3-10(4-6-26)12-7-13(23-22-12)14(27)21-9-17(18,19)20/h7-8,10H,3-6,9H2,1-2H3,(H,21,27)(H,22,23). The van der Waals surface area contributed by atoms with Crippen molar-refractivity contribution >= 4 is 11.8 Å². The van der Waals surface area contributed by atoms with Crippen molar-refractivity contribution in [3.63, 3.8) is 0 Å². The third-order valence-corrected chi connectivity index (χ3v) is 4.72. The van der Waals surface area contributed by atoms with Crippen LogP contribution in [0.3, 0.4) is 0 Å². The van der Waals surface area contributed by atoms with Crippen molar-refractivity contribution in [1.82, 2.24) is 30.2 Å². The van der Waals surface area contributed by atoms with Gasteiger partial charge in [-0.1, -0.05) is 0 Å². The van der Waals surface area contributed by atoms with Crippen LogP contribution in [0.5, 0.6) is 5.88 Å². The maximum atomic E-state index is 12.7. The molecular weight excluding hydrogens is 393 g/mol. The second-order valence-corrected chi connectivity index (χ2v) is 6.80. The molecule has 1 fully saturated rings. The Morgan fingerprint density at radius 3 is 2.66 bits per heavy atom. The molecule has 0 spiro atoms. The number of hydrogen-bond donors (Lipinski definition) is 2. The topological polar surface area (TPSA) is 105 Å². The summed E-state index contributed by atoms with van der Waals surface area (Å²) < 4.78 is 43.3. The molecule has 3 heterocycles. The van der Waals surface area contributed by atoms with E-state index >= 15 is 0 Å². The Balaban J connectivity index is 1.58. The van der Waals surface area contributed by atoms with Crippen molar-refractivity contribution in [2.75, 3.05) is 26.7 Å². The highest BCUT2D eigenvalue weighted by atomic mass is 19.4. The zero-order chi connectivity index (χ0) is 21.2. The van der Waals surface area contributed by atoms with E-state index in [0.717, 1.165) is 0 Å². The van der Waals surface area contributed by atoms with Gasteiger partial charge in [-0.05, 0) is 18.9 Å². The van der Waals surface area contributed by atoms with Gasteiger partial charge in [0.15, 0.2) is 0 Å². The van der Waals surface area contributed by atoms with E-state index in [1.165, 1.54) is 17.9 Å². The summed E-state index contributed by atoms with van der Waals surface area (Å²) in [5.41, 5.74) is 0.953. The number of likely N-dealkylation sites (tertiary alicyclic amines) is 1. The van der Waals surface area contributed by atoms with E-state index in [9.17, 15) is 22.8 Å². The molecule has 0 aromatic carbocycles. The van der Waals surface area contributed by atoms with Crippen LogP contribution < -0.4 is 10.1 Å². The van der Waals surface area contributed by atoms with Gasteiger partial charge >= 0.3 is 6.18 Å². The van der Waals surface area contributed by atoms with E-state index in [0.29, 0.717) is 37.2 Å². The second kappa shape index (κ2) is 8.13. The molecule has 2 amide bonds. The average Bonchev–Trinajstić information content (AvgIpc) is 3.32. The number of amides is 2. The first-order chi connectivity index (χ1) is 13.7. The first kappa shape index (κ1) is 20.7. The van der Waals surface area contributed by atoms with Crippen LogP contribution in [0.4, 0.5) is 13.2 Å². The van der Waals surface area contributed by atoms with Gasteiger partial charge in [0.25, 0.3) is 11.8 Å². The molecular formula is C17H21F3N6O3. The van der Waals surface area contributed by atoms with E-state index in [1.807, 2.05) is 0 Å². The van der Waals surface area contributed by atoms with E-state index in [2.05, 4.69) is 15.3 Å². The van der Waals surface area contributed by atoms with Gasteiger partial charge in [-0.2, -0.15) is 18.3 Å². The Bertz CT molecular complexity index is 883. The third kappa shape index (κ3) is 4.87. The van der Waals surface area contributed by atoms with Crippen molar-refractivity contribution in [1.29, 1.82) is 0 Å². The summed E-state index contributed by atoms with van der Waals surface area (Å²) in [5, 5.41) is 12.4. The summed E-state index contributed by atoms with van der Waals surface area (Å²) in [5.74, 6) is -0.777. The number of ether oxygens (including phenoxy) is 1. The molecule has 0 radical (unpaired) electrons. The lowest BCUT2D eigenvalue weighted by atomic mass is 9.93. The maximum absolute atomic E-state index is 12.7. The molecule has 0 atom stereocenters. The monoisotopic (exact) mass is 414 g/mol. The van der Waals surface area contributed by atoms with Gasteiger partial charge in [0.2, 0.25) is 5.88 Å². The summed E-state index contributed by atoms with van der Waals surface area (Å²) in [6.07, 6.45) is -1.63. The van der Waals surface area contributed by atoms with E-state index < -0.39 is 18.6 Å². The first-order valence-corrected chi connectivity index (χ1v) is 8.95. The molecule has 0 bridgehead atoms. The van der Waals surface area contributed by atoms with E-state index in [4.69, 9.17) is 4.74 Å². The Labute approximate surface area is 164 Å². The number of aromatic nitrogens is 4. The average molecular weight is 414 g/mol. The van der Waals surface area contributed by atoms with Crippen LogP contribution in [0.2, 0.25) is 0 Å². The SMILES string of the molecule is COc1nn(C)cc1C(=O)N1CCC(c2cc(C(=O)NCC(F)(F)F)n[nH]2)CC1. The molecule has 29 heavy (non-hydrogen) atoms. The summed E-state index contributed by atoms with van der Waals surface area (Å²) in [6, 6.07) is 1.46. The van der Waals surface area contributed by atoms with Crippen molar-refractivity contribution in [2.45, 2.75) is 24.9 Å². The predicted molar refractivity (Wildman–Crippen MR) is 94.6 cm³/mol. The number of carbonyl (C=O) groups excluding carboxylic acids is 2. The summed E-state index contributed by atoms with van der Waals surface area (Å²) in [7, 11) is 3.15. The van der Waals surface area contributed by atoms with Gasteiger partial charge in [-0.25, -0.2) is 0 Å². The highest BCUT2D eigenvalue weighted by Crippen LogP contribution is 2.29. The molecule has 9 nitrogen and oxygen atoms in total. The molecule has 1 saturated heterocycles. The molecule has 1 aliphatic rings. The number of aryl methyl sites for hydroxylation is 1. The summed E-state index contributed by atoms with van der Waals surface area (Å²) >= 11 is 0. The molecule has 12 heteroatoms. The zero-order valence-electron chi connectivity index (χ0n) is 15.9. The number of carbonyl (C=O) groups is 2. The largest absolute Gasteiger partial charge is 0.479 e. The van der Waals surface area contributed by atoms with Crippen LogP contribution in [0.1, 0.15) is 45.3 Å². The number of nitrogens with zero attached hydrogens (tertiary/aromatic N) is 4. The zero-order valence-corrected chi connectivity index (χ0v) is 15.9.